The molecule has 5 rings (SSSR count). The highest BCUT2D eigenvalue weighted by molar-refractivity contribution is 6.31. The molecular formula is C26H25ClFN5O3. The molecule has 0 bridgehead atoms. The van der Waals surface area contributed by atoms with Crippen LogP contribution in [0.15, 0.2) is 59.1 Å². The van der Waals surface area contributed by atoms with Crippen LogP contribution in [0, 0.1) is 11.7 Å². The first-order valence-corrected chi connectivity index (χ1v) is 12.2. The maximum atomic E-state index is 13.0. The molecule has 186 valence electrons. The maximum Gasteiger partial charge on any atom is 0.407 e. The first-order valence-electron chi connectivity index (χ1n) is 11.8. The van der Waals surface area contributed by atoms with Crippen molar-refractivity contribution in [2.45, 2.75) is 25.9 Å². The Kier molecular flexibility index (Phi) is 7.27. The van der Waals surface area contributed by atoms with Crippen molar-refractivity contribution in [1.29, 1.82) is 0 Å². The number of carbonyl (C=O) groups excluding carboxylic acids is 1. The Balaban J connectivity index is 1.02. The molecule has 0 unspecified atom stereocenters. The van der Waals surface area contributed by atoms with E-state index in [4.69, 9.17) is 25.8 Å². The predicted molar refractivity (Wildman–Crippen MR) is 134 cm³/mol. The van der Waals surface area contributed by atoms with Crippen LogP contribution in [0.4, 0.5) is 15.0 Å². The van der Waals surface area contributed by atoms with Crippen molar-refractivity contribution in [2.75, 3.05) is 24.5 Å². The zero-order chi connectivity index (χ0) is 24.9. The Morgan fingerprint density at radius 3 is 2.72 bits per heavy atom. The number of anilines is 1. The van der Waals surface area contributed by atoms with Crippen LogP contribution in [-0.2, 0) is 11.3 Å². The molecule has 1 saturated heterocycles. The number of hydrogen-bond donors (Lipinski definition) is 1. The number of carbonyl (C=O) groups is 1. The number of alkyl carbamates (subject to hydrolysis) is 1. The number of fused-ring (bicyclic) bond motifs is 1. The highest BCUT2D eigenvalue weighted by Crippen LogP contribution is 2.26. The second kappa shape index (κ2) is 10.9. The van der Waals surface area contributed by atoms with Gasteiger partial charge in [0.1, 0.15) is 11.6 Å². The molecule has 8 nitrogen and oxygen atoms in total. The van der Waals surface area contributed by atoms with Crippen molar-refractivity contribution in [1.82, 2.24) is 20.4 Å². The fourth-order valence-electron chi connectivity index (χ4n) is 4.30. The molecule has 0 aliphatic carbocycles. The number of amides is 1. The molecular weight excluding hydrogens is 485 g/mol. The van der Waals surface area contributed by atoms with Gasteiger partial charge in [0, 0.05) is 35.6 Å². The van der Waals surface area contributed by atoms with Gasteiger partial charge in [0.15, 0.2) is 6.61 Å². The number of piperidine rings is 1. The Hall–Kier alpha value is -3.72. The summed E-state index contributed by atoms with van der Waals surface area (Å²) < 4.78 is 23.3. The minimum atomic E-state index is -0.533. The number of rotatable bonds is 7. The van der Waals surface area contributed by atoms with E-state index in [1.165, 1.54) is 12.1 Å². The molecule has 3 heterocycles. The number of nitrogens with zero attached hydrogens (tertiary/aromatic N) is 4. The second-order valence-electron chi connectivity index (χ2n) is 8.75. The molecule has 4 aromatic rings. The predicted octanol–water partition coefficient (Wildman–Crippen LogP) is 5.61. The van der Waals surface area contributed by atoms with Gasteiger partial charge in [-0.2, -0.15) is 4.98 Å². The summed E-state index contributed by atoms with van der Waals surface area (Å²) in [5.74, 6) is 1.63. The van der Waals surface area contributed by atoms with Crippen LogP contribution in [0.3, 0.4) is 0 Å². The van der Waals surface area contributed by atoms with Crippen LogP contribution in [0.1, 0.15) is 25.2 Å². The van der Waals surface area contributed by atoms with E-state index in [9.17, 15) is 9.18 Å². The SMILES string of the molecule is O=C(NCCC1CCN(c2ccc3cc(Cl)ccc3n2)CC1)OCc1nc(-c2ccc(F)cc2)no1. The van der Waals surface area contributed by atoms with Crippen LogP contribution >= 0.6 is 11.6 Å². The number of nitrogens with one attached hydrogen (secondary N) is 1. The summed E-state index contributed by atoms with van der Waals surface area (Å²) in [6, 6.07) is 15.6. The van der Waals surface area contributed by atoms with E-state index < -0.39 is 6.09 Å². The van der Waals surface area contributed by atoms with Gasteiger partial charge in [-0.15, -0.1) is 0 Å². The average Bonchev–Trinajstić information content (AvgIpc) is 3.37. The van der Waals surface area contributed by atoms with Crippen molar-refractivity contribution in [2.24, 2.45) is 5.92 Å². The monoisotopic (exact) mass is 509 g/mol. The summed E-state index contributed by atoms with van der Waals surface area (Å²) in [6.45, 7) is 2.25. The summed E-state index contributed by atoms with van der Waals surface area (Å²) in [4.78, 5) is 23.3. The summed E-state index contributed by atoms with van der Waals surface area (Å²) in [5.41, 5.74) is 1.55. The topological polar surface area (TPSA) is 93.4 Å². The van der Waals surface area contributed by atoms with Gasteiger partial charge in [0.05, 0.1) is 5.52 Å². The molecule has 1 aliphatic heterocycles. The van der Waals surface area contributed by atoms with Crippen LogP contribution in [0.5, 0.6) is 0 Å². The fraction of sp³-hybridized carbons (Fsp3) is 0.308. The van der Waals surface area contributed by atoms with Gasteiger partial charge < -0.3 is 19.5 Å². The maximum absolute atomic E-state index is 13.0. The largest absolute Gasteiger partial charge is 0.439 e. The third kappa shape index (κ3) is 5.91. The van der Waals surface area contributed by atoms with E-state index in [1.54, 1.807) is 12.1 Å². The molecule has 1 fully saturated rings. The van der Waals surface area contributed by atoms with Crippen LogP contribution in [0.25, 0.3) is 22.3 Å². The highest BCUT2D eigenvalue weighted by Gasteiger charge is 2.20. The van der Waals surface area contributed by atoms with Gasteiger partial charge in [0.25, 0.3) is 5.89 Å². The van der Waals surface area contributed by atoms with Crippen molar-refractivity contribution in [3.8, 4) is 11.4 Å². The first-order chi connectivity index (χ1) is 17.5. The van der Waals surface area contributed by atoms with Gasteiger partial charge in [-0.3, -0.25) is 0 Å². The van der Waals surface area contributed by atoms with E-state index >= 15 is 0 Å². The third-order valence-corrected chi connectivity index (χ3v) is 6.53. The number of pyridine rings is 1. The Labute approximate surface area is 212 Å². The van der Waals surface area contributed by atoms with Crippen LogP contribution in [0.2, 0.25) is 5.02 Å². The van der Waals surface area contributed by atoms with Crippen molar-refractivity contribution >= 4 is 34.4 Å². The summed E-state index contributed by atoms with van der Waals surface area (Å²) in [7, 11) is 0. The number of aromatic nitrogens is 3. The lowest BCUT2D eigenvalue weighted by atomic mass is 9.93. The molecule has 36 heavy (non-hydrogen) atoms. The third-order valence-electron chi connectivity index (χ3n) is 6.29. The number of halogens is 2. The second-order valence-corrected chi connectivity index (χ2v) is 9.18. The number of benzene rings is 2. The normalized spacial score (nSPS) is 14.2. The molecule has 0 atom stereocenters. The summed E-state index contributed by atoms with van der Waals surface area (Å²) in [6.07, 6.45) is 2.41. The lowest BCUT2D eigenvalue weighted by Crippen LogP contribution is -2.35. The molecule has 0 radical (unpaired) electrons. The van der Waals surface area contributed by atoms with Gasteiger partial charge in [-0.25, -0.2) is 14.2 Å². The van der Waals surface area contributed by atoms with Crippen molar-refractivity contribution in [3.63, 3.8) is 0 Å². The average molecular weight is 510 g/mol. The van der Waals surface area contributed by atoms with E-state index in [0.717, 1.165) is 49.1 Å². The summed E-state index contributed by atoms with van der Waals surface area (Å²) >= 11 is 6.06. The van der Waals surface area contributed by atoms with E-state index in [1.807, 2.05) is 24.3 Å². The fourth-order valence-corrected chi connectivity index (χ4v) is 4.48. The highest BCUT2D eigenvalue weighted by atomic mass is 35.5. The smallest absolute Gasteiger partial charge is 0.407 e. The van der Waals surface area contributed by atoms with Gasteiger partial charge in [-0.05, 0) is 79.8 Å². The van der Waals surface area contributed by atoms with Crippen LogP contribution < -0.4 is 10.2 Å². The minimum absolute atomic E-state index is 0.136. The van der Waals surface area contributed by atoms with E-state index in [-0.39, 0.29) is 18.3 Å². The molecule has 2 aromatic carbocycles. The number of hydrogen-bond acceptors (Lipinski definition) is 7. The molecule has 1 N–H and O–H groups in total. The van der Waals surface area contributed by atoms with E-state index in [0.29, 0.717) is 28.9 Å². The molecule has 10 heteroatoms. The number of ether oxygens (including phenoxy) is 1. The van der Waals surface area contributed by atoms with Gasteiger partial charge in [0.2, 0.25) is 5.82 Å². The van der Waals surface area contributed by atoms with E-state index in [2.05, 4.69) is 26.4 Å². The summed E-state index contributed by atoms with van der Waals surface area (Å²) in [5, 5.41) is 8.36. The zero-order valence-corrected chi connectivity index (χ0v) is 20.2. The van der Waals surface area contributed by atoms with Crippen molar-refractivity contribution in [3.05, 3.63) is 71.3 Å². The molecule has 1 amide bonds. The molecule has 1 aliphatic rings. The van der Waals surface area contributed by atoms with Gasteiger partial charge in [-0.1, -0.05) is 16.8 Å². The quantitative estimate of drug-likeness (QED) is 0.346. The Bertz CT molecular complexity index is 1340. The first kappa shape index (κ1) is 24.0. The van der Waals surface area contributed by atoms with Crippen molar-refractivity contribution < 1.29 is 18.4 Å². The van der Waals surface area contributed by atoms with Gasteiger partial charge >= 0.3 is 6.09 Å². The lowest BCUT2D eigenvalue weighted by Gasteiger charge is -2.33. The molecule has 2 aromatic heterocycles. The standard InChI is InChI=1S/C26H25ClFN5O3/c27-20-4-7-22-19(15-20)3-8-23(30-22)33-13-10-17(11-14-33)9-12-29-26(34)35-16-24-31-25(32-36-24)18-1-5-21(28)6-2-18/h1-8,15,17H,9-14,16H2,(H,29,34). The lowest BCUT2D eigenvalue weighted by molar-refractivity contribution is 0.125. The van der Waals surface area contributed by atoms with Crippen LogP contribution in [-0.4, -0.2) is 40.9 Å². The minimum Gasteiger partial charge on any atom is -0.439 e. The Morgan fingerprint density at radius 1 is 1.11 bits per heavy atom. The molecule has 0 saturated carbocycles. The molecule has 0 spiro atoms. The Morgan fingerprint density at radius 2 is 1.92 bits per heavy atom. The zero-order valence-electron chi connectivity index (χ0n) is 19.5.